The van der Waals surface area contributed by atoms with E-state index in [4.69, 9.17) is 0 Å². The van der Waals surface area contributed by atoms with Crippen LogP contribution in [0, 0.1) is 0 Å². The van der Waals surface area contributed by atoms with Crippen molar-refractivity contribution >= 4 is 105 Å². The van der Waals surface area contributed by atoms with Crippen LogP contribution in [0.5, 0.6) is 0 Å². The second-order valence-electron chi connectivity index (χ2n) is 21.1. The Bertz CT molecular complexity index is 4370. The number of fused-ring (bicyclic) bond motifs is 7. The number of hydrogen-bond donors (Lipinski definition) is 0. The largest absolute Gasteiger partial charge is 0.310 e. The Hall–Kier alpha value is -11.0. The standard InChI is InChI=1S/C52H36N2.C28H19N/c1-5-21-37(22-6-1)53(38-23-7-2-8-24-38)51-45-33-17-13-29-41(45)49(42-30-14-18-34-46(42)51)50-43-31-15-19-35-47(43)52(48-36-20-16-32-44(48)50)54(39-25-9-3-10-26-39)40-27-11-4-12-28-40;1-3-10-20(11-4-1)29(21-12-5-2-6-13-21)27-19-18-25-23-15-8-7-14-22(23)24-16-9-17-26(27)28(24)25/h1-36H;1-19H. The molecule has 16 rings (SSSR count). The molecule has 0 saturated heterocycles. The fourth-order valence-corrected chi connectivity index (χ4v) is 12.9. The van der Waals surface area contributed by atoms with Gasteiger partial charge in [0, 0.05) is 61.1 Å². The first kappa shape index (κ1) is 49.1. The normalized spacial score (nSPS) is 11.4. The molecule has 0 atom stereocenters. The van der Waals surface area contributed by atoms with Crippen molar-refractivity contribution in [3.63, 3.8) is 0 Å². The molecule has 1 aliphatic carbocycles. The molecule has 0 heterocycles. The summed E-state index contributed by atoms with van der Waals surface area (Å²) in [5.74, 6) is 0. The summed E-state index contributed by atoms with van der Waals surface area (Å²) in [5, 5.41) is 12.3. The summed E-state index contributed by atoms with van der Waals surface area (Å²) in [6.45, 7) is 0. The number of anilines is 9. The molecule has 15 aromatic carbocycles. The zero-order valence-corrected chi connectivity index (χ0v) is 45.6. The molecule has 0 fully saturated rings. The first-order valence-corrected chi connectivity index (χ1v) is 28.5. The third-order valence-electron chi connectivity index (χ3n) is 16.4. The van der Waals surface area contributed by atoms with Crippen LogP contribution in [0.3, 0.4) is 0 Å². The summed E-state index contributed by atoms with van der Waals surface area (Å²) in [6, 6.07) is 120. The first-order chi connectivity index (χ1) is 41.3. The minimum Gasteiger partial charge on any atom is -0.310 e. The lowest BCUT2D eigenvalue weighted by Gasteiger charge is -2.31. The van der Waals surface area contributed by atoms with Crippen molar-refractivity contribution in [2.75, 3.05) is 14.7 Å². The Morgan fingerprint density at radius 2 is 0.398 bits per heavy atom. The quantitative estimate of drug-likeness (QED) is 0.126. The molecule has 390 valence electrons. The van der Waals surface area contributed by atoms with Gasteiger partial charge in [-0.2, -0.15) is 0 Å². The van der Waals surface area contributed by atoms with Gasteiger partial charge < -0.3 is 14.7 Å². The zero-order valence-electron chi connectivity index (χ0n) is 45.6. The third kappa shape index (κ3) is 8.54. The molecule has 0 radical (unpaired) electrons. The van der Waals surface area contributed by atoms with Crippen LogP contribution in [-0.4, -0.2) is 0 Å². The van der Waals surface area contributed by atoms with Gasteiger partial charge in [-0.25, -0.2) is 0 Å². The van der Waals surface area contributed by atoms with E-state index >= 15 is 0 Å². The van der Waals surface area contributed by atoms with Gasteiger partial charge in [-0.05, 0) is 139 Å². The Balaban J connectivity index is 0.000000170. The molecule has 1 aliphatic rings. The number of nitrogens with zero attached hydrogens (tertiary/aromatic N) is 3. The lowest BCUT2D eigenvalue weighted by molar-refractivity contribution is 1.30. The van der Waals surface area contributed by atoms with Gasteiger partial charge in [-0.1, -0.05) is 255 Å². The van der Waals surface area contributed by atoms with Gasteiger partial charge in [0.25, 0.3) is 0 Å². The number of para-hydroxylation sites is 6. The summed E-state index contributed by atoms with van der Waals surface area (Å²) in [5.41, 5.74) is 18.2. The maximum atomic E-state index is 2.42. The fraction of sp³-hybridized carbons (Fsp3) is 0. The van der Waals surface area contributed by atoms with Crippen molar-refractivity contribution in [2.45, 2.75) is 0 Å². The maximum Gasteiger partial charge on any atom is 0.0618 e. The molecular formula is C80H55N3. The third-order valence-corrected chi connectivity index (χ3v) is 16.4. The van der Waals surface area contributed by atoms with Gasteiger partial charge in [-0.15, -0.1) is 0 Å². The molecule has 0 aliphatic heterocycles. The Morgan fingerprint density at radius 3 is 0.723 bits per heavy atom. The van der Waals surface area contributed by atoms with Crippen molar-refractivity contribution in [3.8, 4) is 33.4 Å². The molecule has 0 N–H and O–H groups in total. The summed E-state index contributed by atoms with van der Waals surface area (Å²) in [6.07, 6.45) is 0. The van der Waals surface area contributed by atoms with Gasteiger partial charge in [0.2, 0.25) is 0 Å². The van der Waals surface area contributed by atoms with Crippen molar-refractivity contribution in [1.82, 2.24) is 0 Å². The van der Waals surface area contributed by atoms with E-state index in [0.717, 1.165) is 34.1 Å². The topological polar surface area (TPSA) is 9.72 Å². The smallest absolute Gasteiger partial charge is 0.0618 e. The minimum atomic E-state index is 1.12. The minimum absolute atomic E-state index is 1.12. The molecule has 15 aromatic rings. The van der Waals surface area contributed by atoms with Crippen LogP contribution in [0.25, 0.3) is 87.2 Å². The highest BCUT2D eigenvalue weighted by molar-refractivity contribution is 6.31. The molecule has 3 nitrogen and oxygen atoms in total. The van der Waals surface area contributed by atoms with Gasteiger partial charge in [0.15, 0.2) is 0 Å². The SMILES string of the molecule is c1ccc(N(c2ccccc2)c2c3ccccc3c(-c3c4ccccc4c(N(c4ccccc4)c4ccccc4)c4ccccc34)c3ccccc23)cc1.c1ccc(N(c2ccccc2)c2ccc3c4c(cccc24)-c2ccccc2-3)cc1. The fourth-order valence-electron chi connectivity index (χ4n) is 12.9. The molecule has 0 unspecified atom stereocenters. The van der Waals surface area contributed by atoms with E-state index in [1.165, 1.54) is 104 Å². The second-order valence-corrected chi connectivity index (χ2v) is 21.1. The van der Waals surface area contributed by atoms with Crippen LogP contribution >= 0.6 is 0 Å². The van der Waals surface area contributed by atoms with Crippen molar-refractivity contribution < 1.29 is 0 Å². The summed E-state index contributed by atoms with van der Waals surface area (Å²) in [7, 11) is 0. The molecule has 0 amide bonds. The van der Waals surface area contributed by atoms with E-state index in [9.17, 15) is 0 Å². The van der Waals surface area contributed by atoms with Gasteiger partial charge in [0.1, 0.15) is 0 Å². The zero-order chi connectivity index (χ0) is 55.1. The van der Waals surface area contributed by atoms with E-state index < -0.39 is 0 Å². The molecule has 0 saturated carbocycles. The Morgan fingerprint density at radius 1 is 0.157 bits per heavy atom. The van der Waals surface area contributed by atoms with E-state index in [0.29, 0.717) is 0 Å². The molecule has 0 aromatic heterocycles. The maximum absolute atomic E-state index is 2.42. The molecule has 0 bridgehead atoms. The monoisotopic (exact) mass is 1060 g/mol. The van der Waals surface area contributed by atoms with Gasteiger partial charge in [0.05, 0.1) is 17.1 Å². The highest BCUT2D eigenvalue weighted by atomic mass is 15.2. The highest BCUT2D eigenvalue weighted by Crippen LogP contribution is 2.55. The molecular weight excluding hydrogens is 1000 g/mol. The Labute approximate surface area is 484 Å². The average molecular weight is 1060 g/mol. The molecule has 3 heteroatoms. The van der Waals surface area contributed by atoms with Crippen molar-refractivity contribution in [3.05, 3.63) is 334 Å². The second kappa shape index (κ2) is 21.2. The number of hydrogen-bond acceptors (Lipinski definition) is 3. The highest BCUT2D eigenvalue weighted by Gasteiger charge is 2.28. The van der Waals surface area contributed by atoms with E-state index in [1.807, 2.05) is 0 Å². The number of benzene rings is 15. The summed E-state index contributed by atoms with van der Waals surface area (Å²) in [4.78, 5) is 7.20. The summed E-state index contributed by atoms with van der Waals surface area (Å²) < 4.78 is 0. The van der Waals surface area contributed by atoms with Crippen LogP contribution < -0.4 is 14.7 Å². The van der Waals surface area contributed by atoms with Crippen LogP contribution in [0.15, 0.2) is 334 Å². The lowest BCUT2D eigenvalue weighted by atomic mass is 9.84. The lowest BCUT2D eigenvalue weighted by Crippen LogP contribution is -2.12. The first-order valence-electron chi connectivity index (χ1n) is 28.5. The number of rotatable bonds is 10. The van der Waals surface area contributed by atoms with Crippen molar-refractivity contribution in [1.29, 1.82) is 0 Å². The summed E-state index contributed by atoms with van der Waals surface area (Å²) >= 11 is 0. The van der Waals surface area contributed by atoms with Crippen LogP contribution in [0.1, 0.15) is 0 Å². The molecule has 0 spiro atoms. The van der Waals surface area contributed by atoms with Gasteiger partial charge in [-0.3, -0.25) is 0 Å². The average Bonchev–Trinajstić information content (AvgIpc) is 2.43. The predicted octanol–water partition coefficient (Wildman–Crippen LogP) is 22.9. The van der Waals surface area contributed by atoms with E-state index in [1.54, 1.807) is 0 Å². The van der Waals surface area contributed by atoms with Crippen LogP contribution in [0.2, 0.25) is 0 Å². The Kier molecular flexibility index (Phi) is 12.6. The molecule has 83 heavy (non-hydrogen) atoms. The van der Waals surface area contributed by atoms with Crippen molar-refractivity contribution in [2.24, 2.45) is 0 Å². The van der Waals surface area contributed by atoms with E-state index in [2.05, 4.69) is 348 Å². The van der Waals surface area contributed by atoms with Gasteiger partial charge >= 0.3 is 0 Å². The van der Waals surface area contributed by atoms with Crippen LogP contribution in [-0.2, 0) is 0 Å². The van der Waals surface area contributed by atoms with E-state index in [-0.39, 0.29) is 0 Å². The van der Waals surface area contributed by atoms with Crippen LogP contribution in [0.4, 0.5) is 51.2 Å². The predicted molar refractivity (Wildman–Crippen MR) is 354 cm³/mol.